The van der Waals surface area contributed by atoms with E-state index in [1.54, 1.807) is 36.4 Å². The first-order chi connectivity index (χ1) is 23.4. The van der Waals surface area contributed by atoms with Crippen molar-refractivity contribution in [1.82, 2.24) is 5.32 Å². The van der Waals surface area contributed by atoms with Gasteiger partial charge in [0.2, 0.25) is 0 Å². The number of esters is 1. The van der Waals surface area contributed by atoms with Crippen LogP contribution >= 0.6 is 0 Å². The molecule has 0 saturated heterocycles. The molecule has 48 heavy (non-hydrogen) atoms. The third kappa shape index (κ3) is 10.6. The van der Waals surface area contributed by atoms with Crippen LogP contribution in [0.15, 0.2) is 109 Å². The van der Waals surface area contributed by atoms with E-state index >= 15 is 0 Å². The number of Topliss-reactive ketones (excluding diaryl/α,β-unsaturated/α-hetero) is 1. The molecule has 248 valence electrons. The SMILES string of the molecule is O=C(N[C@H](Cc1ccc(OC(=O)OCc2ccccc2)cc1)C(=O)OCC(=O)c1ccc(C2CCCCC2)cc1)OCc1ccccc1. The zero-order valence-electron chi connectivity index (χ0n) is 26.7. The van der Waals surface area contributed by atoms with Gasteiger partial charge in [0.15, 0.2) is 12.4 Å². The Kier molecular flexibility index (Phi) is 12.3. The number of nitrogens with one attached hydrogen (secondary N) is 1. The highest BCUT2D eigenvalue weighted by Gasteiger charge is 2.25. The van der Waals surface area contributed by atoms with Crippen molar-refractivity contribution in [2.24, 2.45) is 0 Å². The van der Waals surface area contributed by atoms with Crippen molar-refractivity contribution >= 4 is 24.0 Å². The molecular formula is C39H39NO8. The predicted octanol–water partition coefficient (Wildman–Crippen LogP) is 7.71. The molecule has 0 unspecified atom stereocenters. The van der Waals surface area contributed by atoms with E-state index in [0.717, 1.165) is 24.0 Å². The average Bonchev–Trinajstić information content (AvgIpc) is 3.14. The number of ether oxygens (including phenoxy) is 4. The van der Waals surface area contributed by atoms with E-state index in [2.05, 4.69) is 5.32 Å². The summed E-state index contributed by atoms with van der Waals surface area (Å²) < 4.78 is 21.1. The van der Waals surface area contributed by atoms with Crippen molar-refractivity contribution in [2.75, 3.05) is 6.61 Å². The quantitative estimate of drug-likeness (QED) is 0.0678. The molecule has 0 aromatic heterocycles. The second-order valence-electron chi connectivity index (χ2n) is 11.7. The summed E-state index contributed by atoms with van der Waals surface area (Å²) in [4.78, 5) is 51.0. The van der Waals surface area contributed by atoms with Crippen LogP contribution in [-0.2, 0) is 38.6 Å². The van der Waals surface area contributed by atoms with Gasteiger partial charge in [-0.2, -0.15) is 0 Å². The zero-order chi connectivity index (χ0) is 33.6. The number of benzene rings is 4. The minimum absolute atomic E-state index is 0.0101. The summed E-state index contributed by atoms with van der Waals surface area (Å²) in [6.07, 6.45) is 4.38. The summed E-state index contributed by atoms with van der Waals surface area (Å²) in [5.74, 6) is -0.372. The second-order valence-corrected chi connectivity index (χ2v) is 11.7. The molecule has 0 spiro atoms. The van der Waals surface area contributed by atoms with Gasteiger partial charge in [-0.15, -0.1) is 0 Å². The van der Waals surface area contributed by atoms with E-state index in [1.165, 1.54) is 24.8 Å². The van der Waals surface area contributed by atoms with Gasteiger partial charge < -0.3 is 24.3 Å². The van der Waals surface area contributed by atoms with Gasteiger partial charge in [-0.1, -0.05) is 116 Å². The van der Waals surface area contributed by atoms with Crippen LogP contribution in [0.2, 0.25) is 0 Å². The first-order valence-corrected chi connectivity index (χ1v) is 16.2. The number of rotatable bonds is 13. The third-order valence-corrected chi connectivity index (χ3v) is 8.21. The molecule has 1 aliphatic rings. The molecule has 4 aromatic rings. The van der Waals surface area contributed by atoms with Crippen molar-refractivity contribution in [1.29, 1.82) is 0 Å². The monoisotopic (exact) mass is 649 g/mol. The largest absolute Gasteiger partial charge is 0.514 e. The van der Waals surface area contributed by atoms with Gasteiger partial charge in [0.25, 0.3) is 0 Å². The fourth-order valence-electron chi connectivity index (χ4n) is 5.57. The molecule has 1 amide bonds. The average molecular weight is 650 g/mol. The van der Waals surface area contributed by atoms with Gasteiger partial charge in [0, 0.05) is 12.0 Å². The molecule has 9 heteroatoms. The van der Waals surface area contributed by atoms with E-state index in [-0.39, 0.29) is 31.2 Å². The molecule has 1 fully saturated rings. The standard InChI is InChI=1S/C39H39NO8/c41-36(33-20-18-32(19-21-33)31-14-8-3-9-15-31)27-45-37(42)35(40-38(43)46-25-29-10-4-1-5-11-29)24-28-16-22-34(23-17-28)48-39(44)47-26-30-12-6-2-7-13-30/h1-2,4-7,10-13,16-23,31,35H,3,8-9,14-15,24-27H2,(H,40,43)/t35-/m1/s1. The summed E-state index contributed by atoms with van der Waals surface area (Å²) in [6, 6.07) is 31.1. The molecule has 1 atom stereocenters. The number of amides is 1. The fourth-order valence-corrected chi connectivity index (χ4v) is 5.57. The minimum atomic E-state index is -1.16. The van der Waals surface area contributed by atoms with Crippen molar-refractivity contribution in [3.8, 4) is 5.75 Å². The molecule has 0 bridgehead atoms. The van der Waals surface area contributed by atoms with Crippen LogP contribution in [-0.4, -0.2) is 36.6 Å². The number of hydrogen-bond donors (Lipinski definition) is 1. The van der Waals surface area contributed by atoms with E-state index in [1.807, 2.05) is 72.8 Å². The maximum Gasteiger partial charge on any atom is 0.514 e. The predicted molar refractivity (Wildman–Crippen MR) is 179 cm³/mol. The number of alkyl carbamates (subject to hydrolysis) is 1. The van der Waals surface area contributed by atoms with Crippen molar-refractivity contribution in [2.45, 2.75) is 63.7 Å². The second kappa shape index (κ2) is 17.5. The molecule has 1 saturated carbocycles. The summed E-state index contributed by atoms with van der Waals surface area (Å²) in [5.41, 5.74) is 3.92. The normalized spacial score (nSPS) is 13.5. The van der Waals surface area contributed by atoms with E-state index < -0.39 is 30.9 Å². The van der Waals surface area contributed by atoms with E-state index in [9.17, 15) is 19.2 Å². The summed E-state index contributed by atoms with van der Waals surface area (Å²) in [6.45, 7) is -0.394. The Bertz CT molecular complexity index is 1630. The van der Waals surface area contributed by atoms with Gasteiger partial charge in [-0.3, -0.25) is 4.79 Å². The lowest BCUT2D eigenvalue weighted by atomic mass is 9.84. The molecule has 1 N–H and O–H groups in total. The van der Waals surface area contributed by atoms with Crippen LogP contribution in [0.1, 0.15) is 70.6 Å². The molecular weight excluding hydrogens is 610 g/mol. The van der Waals surface area contributed by atoms with Gasteiger partial charge >= 0.3 is 18.2 Å². The van der Waals surface area contributed by atoms with Gasteiger partial charge in [-0.05, 0) is 53.1 Å². The Labute approximate surface area is 280 Å². The van der Waals surface area contributed by atoms with Crippen LogP contribution < -0.4 is 10.1 Å². The van der Waals surface area contributed by atoms with E-state index in [4.69, 9.17) is 18.9 Å². The first-order valence-electron chi connectivity index (χ1n) is 16.2. The summed E-state index contributed by atoms with van der Waals surface area (Å²) in [7, 11) is 0. The van der Waals surface area contributed by atoms with Crippen LogP contribution in [0.25, 0.3) is 0 Å². The maximum absolute atomic E-state index is 13.2. The highest BCUT2D eigenvalue weighted by Crippen LogP contribution is 2.32. The Hall–Kier alpha value is -5.44. The van der Waals surface area contributed by atoms with Gasteiger partial charge in [-0.25, -0.2) is 14.4 Å². The summed E-state index contributed by atoms with van der Waals surface area (Å²) in [5, 5.41) is 2.57. The lowest BCUT2D eigenvalue weighted by molar-refractivity contribution is -0.144. The Morgan fingerprint density at radius 1 is 0.646 bits per heavy atom. The molecule has 0 aliphatic heterocycles. The Morgan fingerprint density at radius 3 is 1.88 bits per heavy atom. The van der Waals surface area contributed by atoms with Crippen LogP contribution in [0.4, 0.5) is 9.59 Å². The van der Waals surface area contributed by atoms with Crippen molar-refractivity contribution in [3.05, 3.63) is 137 Å². The van der Waals surface area contributed by atoms with E-state index in [0.29, 0.717) is 17.0 Å². The Morgan fingerprint density at radius 2 is 1.25 bits per heavy atom. The molecule has 9 nitrogen and oxygen atoms in total. The number of hydrogen-bond acceptors (Lipinski definition) is 8. The molecule has 1 aliphatic carbocycles. The molecule has 5 rings (SSSR count). The topological polar surface area (TPSA) is 117 Å². The van der Waals surface area contributed by atoms with Gasteiger partial charge in [0.05, 0.1) is 0 Å². The van der Waals surface area contributed by atoms with Crippen molar-refractivity contribution in [3.63, 3.8) is 0 Å². The van der Waals surface area contributed by atoms with Crippen LogP contribution in [0, 0.1) is 0 Å². The molecule has 0 radical (unpaired) electrons. The smallest absolute Gasteiger partial charge is 0.456 e. The van der Waals surface area contributed by atoms with Crippen LogP contribution in [0.5, 0.6) is 5.75 Å². The Balaban J connectivity index is 1.17. The molecule has 4 aromatic carbocycles. The van der Waals surface area contributed by atoms with Gasteiger partial charge in [0.1, 0.15) is 25.0 Å². The third-order valence-electron chi connectivity index (χ3n) is 8.21. The van der Waals surface area contributed by atoms with Crippen LogP contribution in [0.3, 0.4) is 0 Å². The number of carbonyl (C=O) groups excluding carboxylic acids is 4. The first kappa shape index (κ1) is 33.9. The maximum atomic E-state index is 13.2. The highest BCUT2D eigenvalue weighted by molar-refractivity contribution is 5.98. The zero-order valence-corrected chi connectivity index (χ0v) is 26.7. The fraction of sp³-hybridized carbons (Fsp3) is 0.282. The lowest BCUT2D eigenvalue weighted by Crippen LogP contribution is -2.44. The highest BCUT2D eigenvalue weighted by atomic mass is 16.7. The van der Waals surface area contributed by atoms with Crippen molar-refractivity contribution < 1.29 is 38.1 Å². The lowest BCUT2D eigenvalue weighted by Gasteiger charge is -2.22. The molecule has 0 heterocycles. The number of ketones is 1. The summed E-state index contributed by atoms with van der Waals surface area (Å²) >= 11 is 0. The minimum Gasteiger partial charge on any atom is -0.456 e. The number of carbonyl (C=O) groups is 4.